The summed E-state index contributed by atoms with van der Waals surface area (Å²) in [6.07, 6.45) is 0.0865. The van der Waals surface area contributed by atoms with Crippen molar-refractivity contribution in [2.24, 2.45) is 0 Å². The topological polar surface area (TPSA) is 34.6 Å². The van der Waals surface area contributed by atoms with E-state index in [1.54, 1.807) is 7.11 Å². The van der Waals surface area contributed by atoms with E-state index in [-0.39, 0.29) is 6.10 Å². The van der Waals surface area contributed by atoms with Gasteiger partial charge in [-0.25, -0.2) is 0 Å². The molecule has 16 heavy (non-hydrogen) atoms. The molecule has 5 heteroatoms. The van der Waals surface area contributed by atoms with Crippen LogP contribution in [0.25, 0.3) is 0 Å². The second kappa shape index (κ2) is 5.37. The van der Waals surface area contributed by atoms with Gasteiger partial charge in [-0.2, -0.15) is 4.98 Å². The second-order valence-corrected chi connectivity index (χ2v) is 3.94. The maximum atomic E-state index is 5.79. The molecule has 1 aliphatic rings. The number of anilines is 1. The summed E-state index contributed by atoms with van der Waals surface area (Å²) in [7, 11) is 1.62. The van der Waals surface area contributed by atoms with E-state index < -0.39 is 0 Å². The van der Waals surface area contributed by atoms with Gasteiger partial charge in [-0.15, -0.1) is 11.6 Å². The molecule has 0 N–H and O–H groups in total. The molecule has 1 saturated heterocycles. The minimum Gasteiger partial charge on any atom is -0.481 e. The highest BCUT2D eigenvalue weighted by Crippen LogP contribution is 2.18. The average Bonchev–Trinajstić information content (AvgIpc) is 2.39. The lowest BCUT2D eigenvalue weighted by Crippen LogP contribution is -2.43. The van der Waals surface area contributed by atoms with Crippen LogP contribution in [0, 0.1) is 0 Å². The number of alkyl halides is 1. The third-order valence-electron chi connectivity index (χ3n) is 2.55. The highest BCUT2D eigenvalue weighted by molar-refractivity contribution is 6.18. The predicted molar refractivity (Wildman–Crippen MR) is 63.5 cm³/mol. The average molecular weight is 243 g/mol. The lowest BCUT2D eigenvalue weighted by Gasteiger charge is -2.32. The van der Waals surface area contributed by atoms with Crippen LogP contribution in [0.5, 0.6) is 5.88 Å². The van der Waals surface area contributed by atoms with Crippen molar-refractivity contribution in [3.05, 3.63) is 18.2 Å². The summed E-state index contributed by atoms with van der Waals surface area (Å²) in [6, 6.07) is 5.74. The Bertz CT molecular complexity index is 349. The number of rotatable bonds is 3. The maximum Gasteiger partial charge on any atom is 0.214 e. The van der Waals surface area contributed by atoms with Crippen molar-refractivity contribution in [2.75, 3.05) is 37.6 Å². The molecular formula is C11H15ClN2O2. The predicted octanol–water partition coefficient (Wildman–Crippen LogP) is 1.53. The molecule has 1 unspecified atom stereocenters. The first-order chi connectivity index (χ1) is 7.83. The van der Waals surface area contributed by atoms with E-state index in [9.17, 15) is 0 Å². The molecule has 1 aromatic heterocycles. The molecule has 88 valence electrons. The Morgan fingerprint density at radius 3 is 3.25 bits per heavy atom. The van der Waals surface area contributed by atoms with Gasteiger partial charge in [-0.05, 0) is 6.07 Å². The minimum absolute atomic E-state index is 0.0865. The standard InChI is InChI=1S/C11H15ClN2O2/c1-15-11-4-2-3-10(13-11)14-5-6-16-9(7-12)8-14/h2-4,9H,5-8H2,1H3. The number of hydrogen-bond acceptors (Lipinski definition) is 4. The van der Waals surface area contributed by atoms with Crippen LogP contribution in [0.15, 0.2) is 18.2 Å². The Labute approximate surface area is 100 Å². The summed E-state index contributed by atoms with van der Waals surface area (Å²) < 4.78 is 10.6. The molecule has 1 aliphatic heterocycles. The van der Waals surface area contributed by atoms with Crippen molar-refractivity contribution in [2.45, 2.75) is 6.10 Å². The van der Waals surface area contributed by atoms with E-state index in [2.05, 4.69) is 9.88 Å². The van der Waals surface area contributed by atoms with Crippen molar-refractivity contribution < 1.29 is 9.47 Å². The van der Waals surface area contributed by atoms with E-state index in [1.165, 1.54) is 0 Å². The van der Waals surface area contributed by atoms with Crippen molar-refractivity contribution in [3.63, 3.8) is 0 Å². The summed E-state index contributed by atoms with van der Waals surface area (Å²) in [5, 5.41) is 0. The Morgan fingerprint density at radius 1 is 1.62 bits per heavy atom. The third kappa shape index (κ3) is 2.57. The second-order valence-electron chi connectivity index (χ2n) is 3.63. The quantitative estimate of drug-likeness (QED) is 0.753. The zero-order valence-electron chi connectivity index (χ0n) is 9.23. The number of halogens is 1. The van der Waals surface area contributed by atoms with Gasteiger partial charge in [0, 0.05) is 19.2 Å². The van der Waals surface area contributed by atoms with Crippen LogP contribution >= 0.6 is 11.6 Å². The number of aromatic nitrogens is 1. The van der Waals surface area contributed by atoms with E-state index in [0.717, 1.165) is 18.9 Å². The van der Waals surface area contributed by atoms with Crippen LogP contribution in [0.4, 0.5) is 5.82 Å². The molecule has 4 nitrogen and oxygen atoms in total. The molecule has 0 radical (unpaired) electrons. The first-order valence-corrected chi connectivity index (χ1v) is 5.80. The van der Waals surface area contributed by atoms with Crippen LogP contribution in [0.3, 0.4) is 0 Å². The molecule has 1 atom stereocenters. The van der Waals surface area contributed by atoms with E-state index in [4.69, 9.17) is 21.1 Å². The van der Waals surface area contributed by atoms with Gasteiger partial charge in [0.2, 0.25) is 5.88 Å². The molecule has 0 aromatic carbocycles. The smallest absolute Gasteiger partial charge is 0.214 e. The molecule has 0 saturated carbocycles. The van der Waals surface area contributed by atoms with Gasteiger partial charge in [0.1, 0.15) is 5.82 Å². The molecule has 0 spiro atoms. The summed E-state index contributed by atoms with van der Waals surface area (Å²) in [4.78, 5) is 6.55. The molecule has 2 heterocycles. The Morgan fingerprint density at radius 2 is 2.50 bits per heavy atom. The molecule has 1 fully saturated rings. The molecular weight excluding hydrogens is 228 g/mol. The fourth-order valence-electron chi connectivity index (χ4n) is 1.71. The third-order valence-corrected chi connectivity index (χ3v) is 2.90. The highest BCUT2D eigenvalue weighted by atomic mass is 35.5. The lowest BCUT2D eigenvalue weighted by atomic mass is 10.3. The molecule has 1 aromatic rings. The normalized spacial score (nSPS) is 20.9. The van der Waals surface area contributed by atoms with Gasteiger partial charge < -0.3 is 14.4 Å². The molecule has 2 rings (SSSR count). The number of pyridine rings is 1. The minimum atomic E-state index is 0.0865. The van der Waals surface area contributed by atoms with Crippen molar-refractivity contribution >= 4 is 17.4 Å². The fraction of sp³-hybridized carbons (Fsp3) is 0.545. The largest absolute Gasteiger partial charge is 0.481 e. The van der Waals surface area contributed by atoms with Crippen LogP contribution < -0.4 is 9.64 Å². The van der Waals surface area contributed by atoms with Gasteiger partial charge in [-0.3, -0.25) is 0 Å². The number of nitrogens with zero attached hydrogens (tertiary/aromatic N) is 2. The van der Waals surface area contributed by atoms with Crippen LogP contribution in [0.2, 0.25) is 0 Å². The van der Waals surface area contributed by atoms with E-state index >= 15 is 0 Å². The summed E-state index contributed by atoms with van der Waals surface area (Å²) in [6.45, 7) is 2.31. The Hall–Kier alpha value is -1.00. The van der Waals surface area contributed by atoms with E-state index in [1.807, 2.05) is 18.2 Å². The number of hydrogen-bond donors (Lipinski definition) is 0. The number of ether oxygens (including phenoxy) is 2. The first kappa shape index (κ1) is 11.5. The van der Waals surface area contributed by atoms with Gasteiger partial charge in [0.05, 0.1) is 25.7 Å². The summed E-state index contributed by atoms with van der Waals surface area (Å²) >= 11 is 5.79. The van der Waals surface area contributed by atoms with Crippen LogP contribution in [-0.2, 0) is 4.74 Å². The molecule has 0 aliphatic carbocycles. The fourth-order valence-corrected chi connectivity index (χ4v) is 1.90. The number of methoxy groups -OCH3 is 1. The lowest BCUT2D eigenvalue weighted by molar-refractivity contribution is 0.0551. The van der Waals surface area contributed by atoms with Gasteiger partial charge in [-0.1, -0.05) is 6.07 Å². The summed E-state index contributed by atoms with van der Waals surface area (Å²) in [5.41, 5.74) is 0. The van der Waals surface area contributed by atoms with Crippen molar-refractivity contribution in [1.29, 1.82) is 0 Å². The molecule has 0 bridgehead atoms. The van der Waals surface area contributed by atoms with Gasteiger partial charge >= 0.3 is 0 Å². The van der Waals surface area contributed by atoms with E-state index in [0.29, 0.717) is 18.4 Å². The van der Waals surface area contributed by atoms with Crippen LogP contribution in [-0.4, -0.2) is 43.8 Å². The van der Waals surface area contributed by atoms with Crippen molar-refractivity contribution in [1.82, 2.24) is 4.98 Å². The Balaban J connectivity index is 2.10. The zero-order chi connectivity index (χ0) is 11.4. The Kier molecular flexibility index (Phi) is 3.85. The van der Waals surface area contributed by atoms with Gasteiger partial charge in [0.25, 0.3) is 0 Å². The van der Waals surface area contributed by atoms with Crippen LogP contribution in [0.1, 0.15) is 0 Å². The SMILES string of the molecule is COc1cccc(N2CCOC(CCl)C2)n1. The summed E-state index contributed by atoms with van der Waals surface area (Å²) in [5.74, 6) is 2.06. The zero-order valence-corrected chi connectivity index (χ0v) is 9.98. The first-order valence-electron chi connectivity index (χ1n) is 5.27. The molecule has 0 amide bonds. The van der Waals surface area contributed by atoms with Crippen molar-refractivity contribution in [3.8, 4) is 5.88 Å². The van der Waals surface area contributed by atoms with Gasteiger partial charge in [0.15, 0.2) is 0 Å². The monoisotopic (exact) mass is 242 g/mol. The number of morpholine rings is 1. The maximum absolute atomic E-state index is 5.79. The highest BCUT2D eigenvalue weighted by Gasteiger charge is 2.20.